The Bertz CT molecular complexity index is 201. The van der Waals surface area contributed by atoms with Gasteiger partial charge in [0.15, 0.2) is 0 Å². The van der Waals surface area contributed by atoms with Crippen LogP contribution >= 0.6 is 11.8 Å². The maximum Gasteiger partial charge on any atom is 0.0158 e. The highest BCUT2D eigenvalue weighted by molar-refractivity contribution is 7.99. The highest BCUT2D eigenvalue weighted by Crippen LogP contribution is 2.16. The molecule has 1 atom stereocenters. The molecule has 0 bridgehead atoms. The van der Waals surface area contributed by atoms with Crippen LogP contribution in [-0.2, 0) is 0 Å². The quantitative estimate of drug-likeness (QED) is 0.737. The Morgan fingerprint density at radius 3 is 2.65 bits per heavy atom. The van der Waals surface area contributed by atoms with Gasteiger partial charge in [0.25, 0.3) is 0 Å². The maximum atomic E-state index is 3.55. The Hall–Kier alpha value is 0.270. The molecule has 1 N–H and O–H groups in total. The zero-order valence-electron chi connectivity index (χ0n) is 12.1. The van der Waals surface area contributed by atoms with E-state index in [-0.39, 0.29) is 5.54 Å². The first-order chi connectivity index (χ1) is 7.99. The summed E-state index contributed by atoms with van der Waals surface area (Å²) in [6.07, 6.45) is 4.04. The zero-order valence-corrected chi connectivity index (χ0v) is 12.9. The summed E-state index contributed by atoms with van der Waals surface area (Å²) < 4.78 is 0. The van der Waals surface area contributed by atoms with Crippen molar-refractivity contribution in [3.63, 3.8) is 0 Å². The van der Waals surface area contributed by atoms with E-state index in [4.69, 9.17) is 0 Å². The molecule has 0 saturated carbocycles. The molecule has 0 aromatic heterocycles. The molecule has 0 aliphatic carbocycles. The lowest BCUT2D eigenvalue weighted by molar-refractivity contribution is 0.227. The molecule has 1 saturated heterocycles. The third-order valence-electron chi connectivity index (χ3n) is 3.28. The van der Waals surface area contributed by atoms with Crippen LogP contribution in [0.15, 0.2) is 0 Å². The molecular weight excluding hydrogens is 228 g/mol. The summed E-state index contributed by atoms with van der Waals surface area (Å²) >= 11 is 2.11. The first-order valence-electron chi connectivity index (χ1n) is 7.06. The summed E-state index contributed by atoms with van der Waals surface area (Å²) in [5, 5.41) is 3.55. The van der Waals surface area contributed by atoms with Crippen LogP contribution in [0.1, 0.15) is 47.0 Å². The van der Waals surface area contributed by atoms with Crippen molar-refractivity contribution in [2.45, 2.75) is 58.5 Å². The lowest BCUT2D eigenvalue weighted by Gasteiger charge is -2.32. The lowest BCUT2D eigenvalue weighted by atomic mass is 10.1. The maximum absolute atomic E-state index is 3.55. The minimum atomic E-state index is 0.276. The van der Waals surface area contributed by atoms with E-state index in [0.29, 0.717) is 0 Å². The van der Waals surface area contributed by atoms with Gasteiger partial charge < -0.3 is 5.32 Å². The highest BCUT2D eigenvalue weighted by Gasteiger charge is 2.17. The van der Waals surface area contributed by atoms with Crippen molar-refractivity contribution in [1.29, 1.82) is 0 Å². The fourth-order valence-corrected chi connectivity index (χ4v) is 3.26. The lowest BCUT2D eigenvalue weighted by Crippen LogP contribution is -2.40. The van der Waals surface area contributed by atoms with Crippen molar-refractivity contribution in [2.75, 3.05) is 31.1 Å². The standard InChI is InChI=1S/C14H30N2S/c1-13-12-17-11-10-16(13)9-7-5-6-8-15-14(2,3)4/h13,15H,5-12H2,1-4H3. The van der Waals surface area contributed by atoms with E-state index in [0.717, 1.165) is 12.6 Å². The Labute approximate surface area is 112 Å². The molecule has 1 rings (SSSR count). The van der Waals surface area contributed by atoms with Crippen molar-refractivity contribution < 1.29 is 0 Å². The molecule has 1 unspecified atom stereocenters. The van der Waals surface area contributed by atoms with Crippen molar-refractivity contribution in [2.24, 2.45) is 0 Å². The number of unbranched alkanes of at least 4 members (excludes halogenated alkanes) is 2. The average molecular weight is 258 g/mol. The second-order valence-corrected chi connectivity index (χ2v) is 7.35. The molecule has 1 aliphatic heterocycles. The van der Waals surface area contributed by atoms with Crippen LogP contribution < -0.4 is 5.32 Å². The Balaban J connectivity index is 1.96. The molecule has 1 fully saturated rings. The van der Waals surface area contributed by atoms with Crippen molar-refractivity contribution in [1.82, 2.24) is 10.2 Å². The van der Waals surface area contributed by atoms with E-state index in [1.54, 1.807) is 0 Å². The molecule has 102 valence electrons. The van der Waals surface area contributed by atoms with Gasteiger partial charge in [-0.15, -0.1) is 0 Å². The molecule has 0 radical (unpaired) electrons. The molecule has 17 heavy (non-hydrogen) atoms. The van der Waals surface area contributed by atoms with E-state index >= 15 is 0 Å². The normalized spacial score (nSPS) is 22.9. The Morgan fingerprint density at radius 1 is 1.24 bits per heavy atom. The fourth-order valence-electron chi connectivity index (χ4n) is 2.17. The molecule has 0 aromatic rings. The number of thioether (sulfide) groups is 1. The summed E-state index contributed by atoms with van der Waals surface area (Å²) in [6.45, 7) is 12.8. The number of nitrogens with zero attached hydrogens (tertiary/aromatic N) is 1. The van der Waals surface area contributed by atoms with Crippen LogP contribution in [0.4, 0.5) is 0 Å². The largest absolute Gasteiger partial charge is 0.312 e. The van der Waals surface area contributed by atoms with Gasteiger partial charge in [-0.3, -0.25) is 4.90 Å². The monoisotopic (exact) mass is 258 g/mol. The second-order valence-electron chi connectivity index (χ2n) is 6.20. The summed E-state index contributed by atoms with van der Waals surface area (Å²) in [5.74, 6) is 2.65. The van der Waals surface area contributed by atoms with E-state index < -0.39 is 0 Å². The zero-order chi connectivity index (χ0) is 12.7. The summed E-state index contributed by atoms with van der Waals surface area (Å²) in [4.78, 5) is 2.66. The molecule has 1 aliphatic rings. The molecule has 2 nitrogen and oxygen atoms in total. The van der Waals surface area contributed by atoms with Crippen LogP contribution in [0.2, 0.25) is 0 Å². The first-order valence-corrected chi connectivity index (χ1v) is 8.21. The van der Waals surface area contributed by atoms with Gasteiger partial charge >= 0.3 is 0 Å². The predicted molar refractivity (Wildman–Crippen MR) is 80.0 cm³/mol. The number of rotatable bonds is 6. The highest BCUT2D eigenvalue weighted by atomic mass is 32.2. The van der Waals surface area contributed by atoms with E-state index in [1.807, 2.05) is 0 Å². The fraction of sp³-hybridized carbons (Fsp3) is 1.00. The van der Waals surface area contributed by atoms with Crippen LogP contribution in [0.5, 0.6) is 0 Å². The molecule has 1 heterocycles. The van der Waals surface area contributed by atoms with Crippen LogP contribution in [0.3, 0.4) is 0 Å². The van der Waals surface area contributed by atoms with Crippen LogP contribution in [-0.4, -0.2) is 47.6 Å². The van der Waals surface area contributed by atoms with E-state index in [2.05, 4.69) is 49.7 Å². The molecular formula is C14H30N2S. The third kappa shape index (κ3) is 7.32. The van der Waals surface area contributed by atoms with Gasteiger partial charge in [-0.25, -0.2) is 0 Å². The molecule has 3 heteroatoms. The number of hydrogen-bond donors (Lipinski definition) is 1. The van der Waals surface area contributed by atoms with Crippen molar-refractivity contribution in [3.8, 4) is 0 Å². The Morgan fingerprint density at radius 2 is 2.00 bits per heavy atom. The smallest absolute Gasteiger partial charge is 0.0158 e. The van der Waals surface area contributed by atoms with Crippen molar-refractivity contribution in [3.05, 3.63) is 0 Å². The minimum Gasteiger partial charge on any atom is -0.312 e. The van der Waals surface area contributed by atoms with Gasteiger partial charge in [-0.1, -0.05) is 6.42 Å². The summed E-state index contributed by atoms with van der Waals surface area (Å²) in [7, 11) is 0. The first kappa shape index (κ1) is 15.3. The van der Waals surface area contributed by atoms with E-state index in [1.165, 1.54) is 43.9 Å². The van der Waals surface area contributed by atoms with Gasteiger partial charge in [-0.05, 0) is 53.6 Å². The SMILES string of the molecule is CC1CSCCN1CCCCCNC(C)(C)C. The number of hydrogen-bond acceptors (Lipinski definition) is 3. The summed E-state index contributed by atoms with van der Waals surface area (Å²) in [5.41, 5.74) is 0.276. The second kappa shape index (κ2) is 7.65. The van der Waals surface area contributed by atoms with Crippen LogP contribution in [0, 0.1) is 0 Å². The van der Waals surface area contributed by atoms with Gasteiger partial charge in [0.05, 0.1) is 0 Å². The predicted octanol–water partition coefficient (Wildman–Crippen LogP) is 2.98. The van der Waals surface area contributed by atoms with Gasteiger partial charge in [0.2, 0.25) is 0 Å². The van der Waals surface area contributed by atoms with E-state index in [9.17, 15) is 0 Å². The topological polar surface area (TPSA) is 15.3 Å². The summed E-state index contributed by atoms with van der Waals surface area (Å²) in [6, 6.07) is 0.793. The van der Waals surface area contributed by atoms with Gasteiger partial charge in [0, 0.05) is 29.6 Å². The van der Waals surface area contributed by atoms with Crippen molar-refractivity contribution >= 4 is 11.8 Å². The average Bonchev–Trinajstić information content (AvgIpc) is 2.24. The minimum absolute atomic E-state index is 0.276. The number of nitrogens with one attached hydrogen (secondary N) is 1. The van der Waals surface area contributed by atoms with Gasteiger partial charge in [-0.2, -0.15) is 11.8 Å². The van der Waals surface area contributed by atoms with Crippen LogP contribution in [0.25, 0.3) is 0 Å². The van der Waals surface area contributed by atoms with Gasteiger partial charge in [0.1, 0.15) is 0 Å². The third-order valence-corrected chi connectivity index (χ3v) is 4.47. The molecule has 0 spiro atoms. The molecule has 0 amide bonds. The Kier molecular flexibility index (Phi) is 6.90. The molecule has 0 aromatic carbocycles.